The topological polar surface area (TPSA) is 81.3 Å². The van der Waals surface area contributed by atoms with Crippen LogP contribution in [0.15, 0.2) is 36.8 Å². The van der Waals surface area contributed by atoms with Crippen LogP contribution in [0.2, 0.25) is 0 Å². The molecule has 3 rings (SSSR count). The molecule has 1 aromatic carbocycles. The van der Waals surface area contributed by atoms with E-state index in [0.717, 1.165) is 37.2 Å². The predicted molar refractivity (Wildman–Crippen MR) is 83.9 cm³/mol. The number of carbonyl (C=O) groups is 1. The van der Waals surface area contributed by atoms with Gasteiger partial charge in [0.2, 0.25) is 5.91 Å². The van der Waals surface area contributed by atoms with Gasteiger partial charge in [-0.25, -0.2) is 4.98 Å². The highest BCUT2D eigenvalue weighted by molar-refractivity contribution is 5.78. The molecule has 2 heterocycles. The standard InChI is InChI=1S/C16H18N4O3/c21-16(18-7-1-2-8-18)9-15-10-17-12-19(15)11-13-3-5-14(6-4-13)20(22)23/h3-6,10,12H,1-2,7-9,11H2. The molecule has 120 valence electrons. The first-order valence-electron chi connectivity index (χ1n) is 7.63. The molecule has 1 aliphatic heterocycles. The van der Waals surface area contributed by atoms with Gasteiger partial charge in [0, 0.05) is 43.7 Å². The Morgan fingerprint density at radius 2 is 1.91 bits per heavy atom. The first-order chi connectivity index (χ1) is 11.1. The lowest BCUT2D eigenvalue weighted by Gasteiger charge is -2.15. The molecular weight excluding hydrogens is 296 g/mol. The van der Waals surface area contributed by atoms with E-state index in [1.165, 1.54) is 12.1 Å². The van der Waals surface area contributed by atoms with E-state index in [4.69, 9.17) is 0 Å². The van der Waals surface area contributed by atoms with Crippen molar-refractivity contribution in [3.63, 3.8) is 0 Å². The lowest BCUT2D eigenvalue weighted by molar-refractivity contribution is -0.384. The van der Waals surface area contributed by atoms with Crippen LogP contribution in [-0.2, 0) is 17.8 Å². The normalized spacial score (nSPS) is 14.2. The number of nitro groups is 1. The lowest BCUT2D eigenvalue weighted by atomic mass is 10.2. The van der Waals surface area contributed by atoms with E-state index in [1.54, 1.807) is 24.7 Å². The molecular formula is C16H18N4O3. The molecule has 1 aliphatic rings. The summed E-state index contributed by atoms with van der Waals surface area (Å²) in [5, 5.41) is 10.7. The first-order valence-corrected chi connectivity index (χ1v) is 7.63. The summed E-state index contributed by atoms with van der Waals surface area (Å²) in [6.07, 6.45) is 5.89. The molecule has 0 bridgehead atoms. The Hall–Kier alpha value is -2.70. The van der Waals surface area contributed by atoms with Gasteiger partial charge in [0.15, 0.2) is 0 Å². The highest BCUT2D eigenvalue weighted by Crippen LogP contribution is 2.15. The van der Waals surface area contributed by atoms with Crippen molar-refractivity contribution in [2.75, 3.05) is 13.1 Å². The fourth-order valence-corrected chi connectivity index (χ4v) is 2.79. The number of carbonyl (C=O) groups excluding carboxylic acids is 1. The number of rotatable bonds is 5. The zero-order chi connectivity index (χ0) is 16.2. The van der Waals surface area contributed by atoms with E-state index < -0.39 is 4.92 Å². The second-order valence-electron chi connectivity index (χ2n) is 5.70. The van der Waals surface area contributed by atoms with E-state index >= 15 is 0 Å². The van der Waals surface area contributed by atoms with Crippen LogP contribution >= 0.6 is 0 Å². The van der Waals surface area contributed by atoms with Gasteiger partial charge in [-0.1, -0.05) is 12.1 Å². The summed E-state index contributed by atoms with van der Waals surface area (Å²) in [4.78, 5) is 28.5. The minimum atomic E-state index is -0.416. The molecule has 1 amide bonds. The van der Waals surface area contributed by atoms with Crippen molar-refractivity contribution in [2.45, 2.75) is 25.8 Å². The number of amides is 1. The Morgan fingerprint density at radius 1 is 1.22 bits per heavy atom. The van der Waals surface area contributed by atoms with Crippen LogP contribution in [-0.4, -0.2) is 38.4 Å². The first kappa shape index (κ1) is 15.2. The molecule has 1 aromatic heterocycles. The van der Waals surface area contributed by atoms with Gasteiger partial charge in [0.05, 0.1) is 17.7 Å². The van der Waals surface area contributed by atoms with Crippen molar-refractivity contribution in [3.05, 3.63) is 58.2 Å². The van der Waals surface area contributed by atoms with E-state index in [2.05, 4.69) is 4.98 Å². The minimum Gasteiger partial charge on any atom is -0.342 e. The monoisotopic (exact) mass is 314 g/mol. The van der Waals surface area contributed by atoms with Crippen LogP contribution in [0, 0.1) is 10.1 Å². The van der Waals surface area contributed by atoms with Gasteiger partial charge < -0.3 is 9.47 Å². The molecule has 23 heavy (non-hydrogen) atoms. The van der Waals surface area contributed by atoms with Gasteiger partial charge in [0.25, 0.3) is 5.69 Å². The average Bonchev–Trinajstić information content (AvgIpc) is 3.20. The Kier molecular flexibility index (Phi) is 4.36. The molecule has 1 saturated heterocycles. The van der Waals surface area contributed by atoms with Crippen molar-refractivity contribution in [2.24, 2.45) is 0 Å². The van der Waals surface area contributed by atoms with Gasteiger partial charge in [-0.2, -0.15) is 0 Å². The Balaban J connectivity index is 1.68. The van der Waals surface area contributed by atoms with Gasteiger partial charge in [-0.3, -0.25) is 14.9 Å². The number of hydrogen-bond donors (Lipinski definition) is 0. The van der Waals surface area contributed by atoms with E-state index in [9.17, 15) is 14.9 Å². The Labute approximate surface area is 133 Å². The third kappa shape index (κ3) is 3.56. The number of imidazole rings is 1. The smallest absolute Gasteiger partial charge is 0.269 e. The third-order valence-corrected chi connectivity index (χ3v) is 4.09. The summed E-state index contributed by atoms with van der Waals surface area (Å²) in [6, 6.07) is 6.43. The quantitative estimate of drug-likeness (QED) is 0.624. The summed E-state index contributed by atoms with van der Waals surface area (Å²) in [7, 11) is 0. The van der Waals surface area contributed by atoms with Crippen LogP contribution in [0.3, 0.4) is 0 Å². The fourth-order valence-electron chi connectivity index (χ4n) is 2.79. The summed E-state index contributed by atoms with van der Waals surface area (Å²) < 4.78 is 1.91. The van der Waals surface area contributed by atoms with Crippen LogP contribution in [0.5, 0.6) is 0 Å². The summed E-state index contributed by atoms with van der Waals surface area (Å²) in [5.74, 6) is 0.132. The Morgan fingerprint density at radius 3 is 2.57 bits per heavy atom. The molecule has 0 aliphatic carbocycles. The van der Waals surface area contributed by atoms with Gasteiger partial charge >= 0.3 is 0 Å². The van der Waals surface area contributed by atoms with Crippen LogP contribution in [0.4, 0.5) is 5.69 Å². The third-order valence-electron chi connectivity index (χ3n) is 4.09. The maximum atomic E-state index is 12.2. The number of aromatic nitrogens is 2. The number of non-ortho nitro benzene ring substituents is 1. The summed E-state index contributed by atoms with van der Waals surface area (Å²) >= 11 is 0. The SMILES string of the molecule is O=C(Cc1cncn1Cc1ccc([N+](=O)[O-])cc1)N1CCCC1. The van der Waals surface area contributed by atoms with Crippen molar-refractivity contribution >= 4 is 11.6 Å². The minimum absolute atomic E-state index is 0.0730. The van der Waals surface area contributed by atoms with Gasteiger partial charge in [-0.05, 0) is 18.4 Å². The molecule has 0 atom stereocenters. The zero-order valence-corrected chi connectivity index (χ0v) is 12.7. The van der Waals surface area contributed by atoms with E-state index in [-0.39, 0.29) is 11.6 Å². The largest absolute Gasteiger partial charge is 0.342 e. The van der Waals surface area contributed by atoms with Crippen molar-refractivity contribution in [1.82, 2.24) is 14.5 Å². The van der Waals surface area contributed by atoms with E-state index in [1.807, 2.05) is 9.47 Å². The van der Waals surface area contributed by atoms with Crippen LogP contribution in [0.25, 0.3) is 0 Å². The average molecular weight is 314 g/mol. The van der Waals surface area contributed by atoms with Crippen LogP contribution in [0.1, 0.15) is 24.1 Å². The number of nitrogens with zero attached hydrogens (tertiary/aromatic N) is 4. The van der Waals surface area contributed by atoms with Gasteiger partial charge in [0.1, 0.15) is 0 Å². The summed E-state index contributed by atoms with van der Waals surface area (Å²) in [6.45, 7) is 2.23. The van der Waals surface area contributed by atoms with Crippen LogP contribution < -0.4 is 0 Å². The molecule has 7 heteroatoms. The second-order valence-corrected chi connectivity index (χ2v) is 5.70. The number of nitro benzene ring substituents is 1. The highest BCUT2D eigenvalue weighted by Gasteiger charge is 2.19. The zero-order valence-electron chi connectivity index (χ0n) is 12.7. The van der Waals surface area contributed by atoms with Crippen molar-refractivity contribution < 1.29 is 9.72 Å². The molecule has 7 nitrogen and oxygen atoms in total. The molecule has 0 spiro atoms. The van der Waals surface area contributed by atoms with E-state index in [0.29, 0.717) is 13.0 Å². The molecule has 2 aromatic rings. The molecule has 0 N–H and O–H groups in total. The highest BCUT2D eigenvalue weighted by atomic mass is 16.6. The number of benzene rings is 1. The molecule has 0 radical (unpaired) electrons. The predicted octanol–water partition coefficient (Wildman–Crippen LogP) is 2.00. The van der Waals surface area contributed by atoms with Crippen molar-refractivity contribution in [1.29, 1.82) is 0 Å². The van der Waals surface area contributed by atoms with Crippen molar-refractivity contribution in [3.8, 4) is 0 Å². The number of likely N-dealkylation sites (tertiary alicyclic amines) is 1. The lowest BCUT2D eigenvalue weighted by Crippen LogP contribution is -2.29. The maximum absolute atomic E-state index is 12.2. The fraction of sp³-hybridized carbons (Fsp3) is 0.375. The molecule has 0 saturated carbocycles. The second kappa shape index (κ2) is 6.60. The van der Waals surface area contributed by atoms with Gasteiger partial charge in [-0.15, -0.1) is 0 Å². The maximum Gasteiger partial charge on any atom is 0.269 e. The number of hydrogen-bond acceptors (Lipinski definition) is 4. The molecule has 1 fully saturated rings. The molecule has 0 unspecified atom stereocenters. The Bertz CT molecular complexity index is 702. The summed E-state index contributed by atoms with van der Waals surface area (Å²) in [5.41, 5.74) is 1.87.